The SMILES string of the molecule is COc1ccc(C(=O)Cc2ccc3ccsc3c2)c(OC)c1. The van der Waals surface area contributed by atoms with E-state index in [4.69, 9.17) is 9.47 Å². The summed E-state index contributed by atoms with van der Waals surface area (Å²) >= 11 is 1.68. The summed E-state index contributed by atoms with van der Waals surface area (Å²) in [6, 6.07) is 13.5. The van der Waals surface area contributed by atoms with Crippen molar-refractivity contribution in [2.24, 2.45) is 0 Å². The van der Waals surface area contributed by atoms with Crippen molar-refractivity contribution in [3.63, 3.8) is 0 Å². The summed E-state index contributed by atoms with van der Waals surface area (Å²) < 4.78 is 11.7. The van der Waals surface area contributed by atoms with E-state index in [1.807, 2.05) is 6.07 Å². The van der Waals surface area contributed by atoms with Gasteiger partial charge in [0, 0.05) is 17.2 Å². The molecule has 0 N–H and O–H groups in total. The smallest absolute Gasteiger partial charge is 0.170 e. The molecule has 0 amide bonds. The van der Waals surface area contributed by atoms with Crippen LogP contribution < -0.4 is 9.47 Å². The van der Waals surface area contributed by atoms with Crippen LogP contribution in [0.3, 0.4) is 0 Å². The Kier molecular flexibility index (Phi) is 4.11. The zero-order chi connectivity index (χ0) is 15.5. The molecule has 1 aromatic heterocycles. The lowest BCUT2D eigenvalue weighted by Crippen LogP contribution is -2.06. The molecule has 0 atom stereocenters. The molecule has 1 heterocycles. The molecule has 0 spiro atoms. The molecule has 0 aliphatic heterocycles. The van der Waals surface area contributed by atoms with Crippen LogP contribution >= 0.6 is 11.3 Å². The number of methoxy groups -OCH3 is 2. The van der Waals surface area contributed by atoms with Gasteiger partial charge in [0.15, 0.2) is 5.78 Å². The van der Waals surface area contributed by atoms with Gasteiger partial charge < -0.3 is 9.47 Å². The number of carbonyl (C=O) groups is 1. The summed E-state index contributed by atoms with van der Waals surface area (Å²) in [7, 11) is 3.15. The number of benzene rings is 2. The number of hydrogen-bond donors (Lipinski definition) is 0. The largest absolute Gasteiger partial charge is 0.497 e. The highest BCUT2D eigenvalue weighted by Crippen LogP contribution is 2.27. The number of carbonyl (C=O) groups excluding carboxylic acids is 1. The Hall–Kier alpha value is -2.33. The minimum absolute atomic E-state index is 0.0374. The standard InChI is InChI=1S/C18H16O3S/c1-20-14-5-6-15(17(11-14)21-2)16(19)9-12-3-4-13-7-8-22-18(13)10-12/h3-8,10-11H,9H2,1-2H3. The van der Waals surface area contributed by atoms with Gasteiger partial charge in [-0.25, -0.2) is 0 Å². The molecule has 3 aromatic rings. The lowest BCUT2D eigenvalue weighted by Gasteiger charge is -2.09. The van der Waals surface area contributed by atoms with Crippen LogP contribution in [0.1, 0.15) is 15.9 Å². The monoisotopic (exact) mass is 312 g/mol. The van der Waals surface area contributed by atoms with Crippen LogP contribution in [0.4, 0.5) is 0 Å². The van der Waals surface area contributed by atoms with Gasteiger partial charge in [-0.1, -0.05) is 12.1 Å². The average Bonchev–Trinajstić information content (AvgIpc) is 3.01. The fraction of sp³-hybridized carbons (Fsp3) is 0.167. The van der Waals surface area contributed by atoms with Crippen molar-refractivity contribution in [1.29, 1.82) is 0 Å². The molecule has 22 heavy (non-hydrogen) atoms. The summed E-state index contributed by atoms with van der Waals surface area (Å²) in [6.07, 6.45) is 0.358. The molecule has 0 saturated carbocycles. The van der Waals surface area contributed by atoms with Crippen LogP contribution in [0, 0.1) is 0 Å². The first-order valence-corrected chi connectivity index (χ1v) is 7.80. The minimum Gasteiger partial charge on any atom is -0.497 e. The van der Waals surface area contributed by atoms with Crippen LogP contribution in [0.15, 0.2) is 47.8 Å². The van der Waals surface area contributed by atoms with Gasteiger partial charge in [0.05, 0.1) is 19.8 Å². The fourth-order valence-electron chi connectivity index (χ4n) is 2.42. The van der Waals surface area contributed by atoms with Crippen molar-refractivity contribution in [1.82, 2.24) is 0 Å². The van der Waals surface area contributed by atoms with Crippen molar-refractivity contribution in [2.75, 3.05) is 14.2 Å². The quantitative estimate of drug-likeness (QED) is 0.657. The van der Waals surface area contributed by atoms with E-state index in [0.29, 0.717) is 23.5 Å². The zero-order valence-corrected chi connectivity index (χ0v) is 13.3. The first kappa shape index (κ1) is 14.6. The first-order chi connectivity index (χ1) is 10.7. The van der Waals surface area contributed by atoms with Crippen molar-refractivity contribution in [2.45, 2.75) is 6.42 Å². The minimum atomic E-state index is 0.0374. The Morgan fingerprint density at radius 1 is 1.05 bits per heavy atom. The van der Waals surface area contributed by atoms with Crippen LogP contribution in [0.25, 0.3) is 10.1 Å². The molecule has 0 fully saturated rings. The van der Waals surface area contributed by atoms with Gasteiger partial charge in [0.25, 0.3) is 0 Å². The topological polar surface area (TPSA) is 35.5 Å². The third-order valence-electron chi connectivity index (χ3n) is 3.59. The molecule has 0 saturated heterocycles. The highest BCUT2D eigenvalue weighted by Gasteiger charge is 2.14. The lowest BCUT2D eigenvalue weighted by atomic mass is 10.0. The summed E-state index contributed by atoms with van der Waals surface area (Å²) in [4.78, 5) is 12.6. The molecule has 3 nitrogen and oxygen atoms in total. The van der Waals surface area contributed by atoms with E-state index in [9.17, 15) is 4.79 Å². The summed E-state index contributed by atoms with van der Waals surface area (Å²) in [5.41, 5.74) is 1.59. The molecular formula is C18H16O3S. The molecule has 2 aromatic carbocycles. The molecule has 0 unspecified atom stereocenters. The first-order valence-electron chi connectivity index (χ1n) is 6.92. The van der Waals surface area contributed by atoms with Crippen LogP contribution in [-0.4, -0.2) is 20.0 Å². The number of thiophene rings is 1. The molecule has 112 valence electrons. The number of hydrogen-bond acceptors (Lipinski definition) is 4. The fourth-order valence-corrected chi connectivity index (χ4v) is 3.27. The second-order valence-corrected chi connectivity index (χ2v) is 5.91. The molecule has 0 aliphatic carbocycles. The number of ketones is 1. The number of fused-ring (bicyclic) bond motifs is 1. The van der Waals surface area contributed by atoms with Gasteiger partial charge in [0.1, 0.15) is 11.5 Å². The number of ether oxygens (including phenoxy) is 2. The Morgan fingerprint density at radius 2 is 1.91 bits per heavy atom. The second-order valence-electron chi connectivity index (χ2n) is 4.96. The third-order valence-corrected chi connectivity index (χ3v) is 4.47. The molecule has 4 heteroatoms. The van der Waals surface area contributed by atoms with Crippen molar-refractivity contribution in [3.05, 3.63) is 59.0 Å². The maximum Gasteiger partial charge on any atom is 0.170 e. The second kappa shape index (κ2) is 6.20. The number of Topliss-reactive ketones (excluding diaryl/α,β-unsaturated/α-hetero) is 1. The lowest BCUT2D eigenvalue weighted by molar-refractivity contribution is 0.0990. The van der Waals surface area contributed by atoms with Crippen molar-refractivity contribution in [3.8, 4) is 11.5 Å². The van der Waals surface area contributed by atoms with Crippen molar-refractivity contribution >= 4 is 27.2 Å². The summed E-state index contributed by atoms with van der Waals surface area (Å²) in [6.45, 7) is 0. The van der Waals surface area contributed by atoms with E-state index in [1.165, 1.54) is 10.1 Å². The average molecular weight is 312 g/mol. The Morgan fingerprint density at radius 3 is 2.68 bits per heavy atom. The van der Waals surface area contributed by atoms with E-state index in [2.05, 4.69) is 23.6 Å². The summed E-state index contributed by atoms with van der Waals surface area (Å²) in [5, 5.41) is 3.27. The highest BCUT2D eigenvalue weighted by molar-refractivity contribution is 7.17. The Labute approximate surface area is 133 Å². The maximum atomic E-state index is 12.6. The van der Waals surface area contributed by atoms with E-state index >= 15 is 0 Å². The Bertz CT molecular complexity index is 820. The molecule has 0 radical (unpaired) electrons. The molecule has 0 bridgehead atoms. The van der Waals surface area contributed by atoms with Gasteiger partial charge in [-0.15, -0.1) is 11.3 Å². The predicted octanol–water partition coefficient (Wildman–Crippen LogP) is 4.34. The molecule has 0 aliphatic rings. The van der Waals surface area contributed by atoms with Gasteiger partial charge in [-0.2, -0.15) is 0 Å². The normalized spacial score (nSPS) is 10.6. The highest BCUT2D eigenvalue weighted by atomic mass is 32.1. The van der Waals surface area contributed by atoms with E-state index < -0.39 is 0 Å². The van der Waals surface area contributed by atoms with Crippen molar-refractivity contribution < 1.29 is 14.3 Å². The summed E-state index contributed by atoms with van der Waals surface area (Å²) in [5.74, 6) is 1.25. The van der Waals surface area contributed by atoms with E-state index in [1.54, 1.807) is 43.8 Å². The molecule has 3 rings (SSSR count). The van der Waals surface area contributed by atoms with E-state index in [0.717, 1.165) is 5.56 Å². The van der Waals surface area contributed by atoms with Gasteiger partial charge in [0.2, 0.25) is 0 Å². The molecular weight excluding hydrogens is 296 g/mol. The van der Waals surface area contributed by atoms with Crippen LogP contribution in [0.2, 0.25) is 0 Å². The van der Waals surface area contributed by atoms with Gasteiger partial charge in [-0.3, -0.25) is 4.79 Å². The van der Waals surface area contributed by atoms with Crippen LogP contribution in [0.5, 0.6) is 11.5 Å². The Balaban J connectivity index is 1.87. The predicted molar refractivity (Wildman–Crippen MR) is 89.4 cm³/mol. The number of rotatable bonds is 5. The van der Waals surface area contributed by atoms with E-state index in [-0.39, 0.29) is 5.78 Å². The van der Waals surface area contributed by atoms with Gasteiger partial charge in [-0.05, 0) is 40.6 Å². The maximum absolute atomic E-state index is 12.6. The third kappa shape index (κ3) is 2.83. The zero-order valence-electron chi connectivity index (χ0n) is 12.5. The van der Waals surface area contributed by atoms with Crippen LogP contribution in [-0.2, 0) is 6.42 Å². The van der Waals surface area contributed by atoms with Gasteiger partial charge >= 0.3 is 0 Å².